The molecule has 0 saturated heterocycles. The molecular weight excluding hydrogens is 410 g/mol. The molecule has 0 bridgehead atoms. The van der Waals surface area contributed by atoms with Crippen LogP contribution < -0.4 is 0 Å². The van der Waals surface area contributed by atoms with Gasteiger partial charge >= 0.3 is 0 Å². The van der Waals surface area contributed by atoms with Crippen molar-refractivity contribution < 1.29 is 8.78 Å². The normalized spacial score (nSPS) is 11.2. The lowest BCUT2D eigenvalue weighted by Gasteiger charge is -2.09. The van der Waals surface area contributed by atoms with Gasteiger partial charge in [0.15, 0.2) is 0 Å². The topological polar surface area (TPSA) is 0 Å². The summed E-state index contributed by atoms with van der Waals surface area (Å²) in [6.07, 6.45) is 4.01. The predicted octanol–water partition coefficient (Wildman–Crippen LogP) is 7.90. The van der Waals surface area contributed by atoms with E-state index in [1.165, 1.54) is 22.8 Å². The van der Waals surface area contributed by atoms with Crippen LogP contribution in [0.3, 0.4) is 0 Å². The maximum atomic E-state index is 15.1. The highest BCUT2D eigenvalue weighted by molar-refractivity contribution is 6.30. The summed E-state index contributed by atoms with van der Waals surface area (Å²) < 4.78 is 28.7. The van der Waals surface area contributed by atoms with Gasteiger partial charge in [-0.2, -0.15) is 0 Å². The first-order chi connectivity index (χ1) is 15.0. The quantitative estimate of drug-likeness (QED) is 0.277. The van der Waals surface area contributed by atoms with Gasteiger partial charge in [0.25, 0.3) is 0 Å². The maximum absolute atomic E-state index is 15.1. The van der Waals surface area contributed by atoms with E-state index in [4.69, 9.17) is 11.6 Å². The molecule has 0 N–H and O–H groups in total. The molecule has 0 spiro atoms. The highest BCUT2D eigenvalue weighted by Gasteiger charge is 2.09. The van der Waals surface area contributed by atoms with Gasteiger partial charge in [-0.1, -0.05) is 79.2 Å². The van der Waals surface area contributed by atoms with Gasteiger partial charge in [-0.15, -0.1) is 0 Å². The van der Waals surface area contributed by atoms with Crippen LogP contribution in [-0.4, -0.2) is 0 Å². The SMILES string of the molecule is CCc1ccc(CCc2ccc3c(F)c(CCc4ccc(Cl)c(F)c4)ccc3c2)cc1. The van der Waals surface area contributed by atoms with Crippen molar-refractivity contribution in [1.29, 1.82) is 0 Å². The van der Waals surface area contributed by atoms with E-state index in [0.29, 0.717) is 23.8 Å². The second kappa shape index (κ2) is 9.62. The van der Waals surface area contributed by atoms with Gasteiger partial charge < -0.3 is 0 Å². The minimum Gasteiger partial charge on any atom is -0.206 e. The minimum atomic E-state index is -0.438. The molecule has 0 unspecified atom stereocenters. The number of hydrogen-bond donors (Lipinski definition) is 0. The van der Waals surface area contributed by atoms with Crippen LogP contribution in [0.15, 0.2) is 72.8 Å². The summed E-state index contributed by atoms with van der Waals surface area (Å²) in [5.41, 5.74) is 5.32. The molecule has 3 heteroatoms. The van der Waals surface area contributed by atoms with E-state index >= 15 is 4.39 Å². The van der Waals surface area contributed by atoms with Crippen molar-refractivity contribution in [2.45, 2.75) is 39.0 Å². The molecule has 0 aliphatic heterocycles. The highest BCUT2D eigenvalue weighted by Crippen LogP contribution is 2.25. The largest absolute Gasteiger partial charge is 0.206 e. The average Bonchev–Trinajstić information content (AvgIpc) is 2.80. The third-order valence-corrected chi connectivity index (χ3v) is 6.21. The lowest BCUT2D eigenvalue weighted by molar-refractivity contribution is 0.617. The van der Waals surface area contributed by atoms with Crippen molar-refractivity contribution in [3.8, 4) is 0 Å². The molecule has 0 aliphatic carbocycles. The van der Waals surface area contributed by atoms with Crippen molar-refractivity contribution in [3.05, 3.63) is 117 Å². The van der Waals surface area contributed by atoms with Crippen molar-refractivity contribution in [2.24, 2.45) is 0 Å². The van der Waals surface area contributed by atoms with Crippen LogP contribution in [0.4, 0.5) is 8.78 Å². The monoisotopic (exact) mass is 434 g/mol. The molecular formula is C28H25ClF2. The molecule has 0 heterocycles. The Morgan fingerprint density at radius 2 is 1.26 bits per heavy atom. The van der Waals surface area contributed by atoms with Gasteiger partial charge in [0.05, 0.1) is 5.02 Å². The number of aryl methyl sites for hydroxylation is 5. The van der Waals surface area contributed by atoms with E-state index in [2.05, 4.69) is 37.3 Å². The molecule has 0 amide bonds. The third kappa shape index (κ3) is 5.14. The molecule has 4 aromatic rings. The van der Waals surface area contributed by atoms with Gasteiger partial charge in [-0.25, -0.2) is 8.78 Å². The standard InChI is InChI=1S/C28H25ClF2/c1-2-19-3-5-20(6-4-19)7-8-21-10-15-25-24(17-21)14-13-23(28(25)31)12-9-22-11-16-26(29)27(30)18-22/h3-6,10-11,13-18H,2,7-9,12H2,1H3. The van der Waals surface area contributed by atoms with E-state index in [0.717, 1.165) is 30.2 Å². The Morgan fingerprint density at radius 1 is 0.645 bits per heavy atom. The number of fused-ring (bicyclic) bond motifs is 1. The van der Waals surface area contributed by atoms with Crippen molar-refractivity contribution in [1.82, 2.24) is 0 Å². The molecule has 4 rings (SSSR count). The van der Waals surface area contributed by atoms with Crippen molar-refractivity contribution in [2.75, 3.05) is 0 Å². The van der Waals surface area contributed by atoms with Gasteiger partial charge in [-0.3, -0.25) is 0 Å². The molecule has 0 saturated carbocycles. The Labute approximate surface area is 187 Å². The number of benzene rings is 4. The first-order valence-electron chi connectivity index (χ1n) is 10.7. The van der Waals surface area contributed by atoms with Gasteiger partial charge in [-0.05, 0) is 77.4 Å². The molecule has 31 heavy (non-hydrogen) atoms. The van der Waals surface area contributed by atoms with Gasteiger partial charge in [0.1, 0.15) is 11.6 Å². The molecule has 0 aliphatic rings. The summed E-state index contributed by atoms with van der Waals surface area (Å²) in [7, 11) is 0. The fourth-order valence-corrected chi connectivity index (χ4v) is 4.06. The van der Waals surface area contributed by atoms with Crippen LogP contribution in [0.1, 0.15) is 34.7 Å². The number of halogens is 3. The van der Waals surface area contributed by atoms with Crippen molar-refractivity contribution in [3.63, 3.8) is 0 Å². The third-order valence-electron chi connectivity index (χ3n) is 5.90. The van der Waals surface area contributed by atoms with Crippen LogP contribution in [-0.2, 0) is 32.1 Å². The zero-order valence-electron chi connectivity index (χ0n) is 17.6. The lowest BCUT2D eigenvalue weighted by atomic mass is 9.97. The Balaban J connectivity index is 1.45. The number of rotatable bonds is 7. The summed E-state index contributed by atoms with van der Waals surface area (Å²) in [6.45, 7) is 2.16. The highest BCUT2D eigenvalue weighted by atomic mass is 35.5. The fraction of sp³-hybridized carbons (Fsp3) is 0.214. The lowest BCUT2D eigenvalue weighted by Crippen LogP contribution is -1.97. The van der Waals surface area contributed by atoms with E-state index in [1.807, 2.05) is 24.3 Å². The average molecular weight is 435 g/mol. The van der Waals surface area contributed by atoms with Crippen LogP contribution in [0.5, 0.6) is 0 Å². The zero-order valence-corrected chi connectivity index (χ0v) is 18.4. The smallest absolute Gasteiger partial charge is 0.142 e. The van der Waals surface area contributed by atoms with E-state index in [9.17, 15) is 4.39 Å². The van der Waals surface area contributed by atoms with Crippen LogP contribution in [0.2, 0.25) is 5.02 Å². The molecule has 158 valence electrons. The molecule has 0 aromatic heterocycles. The van der Waals surface area contributed by atoms with Crippen LogP contribution in [0, 0.1) is 11.6 Å². The summed E-state index contributed by atoms with van der Waals surface area (Å²) in [4.78, 5) is 0. The molecule has 0 fully saturated rings. The van der Waals surface area contributed by atoms with E-state index < -0.39 is 5.82 Å². The fourth-order valence-electron chi connectivity index (χ4n) is 3.94. The number of hydrogen-bond acceptors (Lipinski definition) is 0. The molecule has 0 atom stereocenters. The van der Waals surface area contributed by atoms with Crippen LogP contribution >= 0.6 is 11.6 Å². The minimum absolute atomic E-state index is 0.106. The zero-order chi connectivity index (χ0) is 21.8. The first-order valence-corrected chi connectivity index (χ1v) is 11.1. The summed E-state index contributed by atoms with van der Waals surface area (Å²) in [6, 6.07) is 23.3. The van der Waals surface area contributed by atoms with E-state index in [1.54, 1.807) is 12.1 Å². The second-order valence-corrected chi connectivity index (χ2v) is 8.42. The maximum Gasteiger partial charge on any atom is 0.142 e. The molecule has 0 radical (unpaired) electrons. The first kappa shape index (κ1) is 21.5. The van der Waals surface area contributed by atoms with Gasteiger partial charge in [0, 0.05) is 5.39 Å². The summed E-state index contributed by atoms with van der Waals surface area (Å²) in [5, 5.41) is 1.66. The Morgan fingerprint density at radius 3 is 2.00 bits per heavy atom. The van der Waals surface area contributed by atoms with E-state index in [-0.39, 0.29) is 10.8 Å². The Kier molecular flexibility index (Phi) is 6.67. The van der Waals surface area contributed by atoms with Crippen LogP contribution in [0.25, 0.3) is 10.8 Å². The predicted molar refractivity (Wildman–Crippen MR) is 126 cm³/mol. The van der Waals surface area contributed by atoms with Gasteiger partial charge in [0.2, 0.25) is 0 Å². The Hall–Kier alpha value is -2.71. The molecule has 0 nitrogen and oxygen atoms in total. The second-order valence-electron chi connectivity index (χ2n) is 8.01. The Bertz CT molecular complexity index is 1200. The van der Waals surface area contributed by atoms with Crippen molar-refractivity contribution >= 4 is 22.4 Å². The summed E-state index contributed by atoms with van der Waals surface area (Å²) in [5.74, 6) is -0.624. The summed E-state index contributed by atoms with van der Waals surface area (Å²) >= 11 is 5.74. The molecule has 4 aromatic carbocycles.